The lowest BCUT2D eigenvalue weighted by molar-refractivity contribution is -0.140. The Kier molecular flexibility index (Phi) is 7.87. The largest absolute Gasteiger partial charge is 0.419 e. The maximum Gasteiger partial charge on any atom is 0.419 e. The van der Waals surface area contributed by atoms with Crippen molar-refractivity contribution < 1.29 is 40.8 Å². The second kappa shape index (κ2) is 10.4. The number of hydrogen-bond acceptors (Lipinski definition) is 4. The van der Waals surface area contributed by atoms with Gasteiger partial charge in [0.1, 0.15) is 5.82 Å². The first-order chi connectivity index (χ1) is 16.7. The van der Waals surface area contributed by atoms with E-state index in [1.807, 2.05) is 5.32 Å². The number of carbonyl (C=O) groups is 2. The van der Waals surface area contributed by atoms with E-state index in [1.54, 1.807) is 13.0 Å². The number of nitrogens with one attached hydrogen (secondary N) is 2. The topological polar surface area (TPSA) is 79.8 Å². The molecular formula is C23H20ClF6N3O3. The second-order valence-electron chi connectivity index (χ2n) is 8.25. The molecule has 0 aromatic heterocycles. The molecule has 2 amide bonds. The number of nitrogens with zero attached hydrogens (tertiary/aromatic N) is 1. The molecule has 0 bridgehead atoms. The highest BCUT2D eigenvalue weighted by Gasteiger charge is 2.38. The third kappa shape index (κ3) is 6.68. The highest BCUT2D eigenvalue weighted by atomic mass is 35.5. The van der Waals surface area contributed by atoms with Gasteiger partial charge in [-0.05, 0) is 42.3 Å². The van der Waals surface area contributed by atoms with E-state index < -0.39 is 54.5 Å². The van der Waals surface area contributed by atoms with Crippen LogP contribution in [-0.4, -0.2) is 36.5 Å². The number of aryl methyl sites for hydroxylation is 1. The summed E-state index contributed by atoms with van der Waals surface area (Å²) < 4.78 is 79.5. The van der Waals surface area contributed by atoms with Gasteiger partial charge in [0.15, 0.2) is 6.10 Å². The number of hydrogen-bond donors (Lipinski definition) is 2. The van der Waals surface area contributed by atoms with Crippen molar-refractivity contribution in [3.05, 3.63) is 69.0 Å². The fourth-order valence-corrected chi connectivity index (χ4v) is 3.66. The first kappa shape index (κ1) is 27.3. The quantitative estimate of drug-likeness (QED) is 0.480. The van der Waals surface area contributed by atoms with Crippen LogP contribution in [0, 0.1) is 12.7 Å². The summed E-state index contributed by atoms with van der Waals surface area (Å²) in [7, 11) is 0. The zero-order chi connectivity index (χ0) is 26.8. The number of amides is 2. The van der Waals surface area contributed by atoms with Crippen LogP contribution in [0.1, 0.15) is 52.1 Å². The lowest BCUT2D eigenvalue weighted by Gasteiger charge is -2.15. The maximum absolute atomic E-state index is 14.6. The van der Waals surface area contributed by atoms with Gasteiger partial charge in [0.25, 0.3) is 11.8 Å². The van der Waals surface area contributed by atoms with Gasteiger partial charge in [0.05, 0.1) is 24.4 Å². The standard InChI is InChI=1S/C23H20ClF6N3O3/c1-11-5-12(3-4-14(11)21(35)31-9-19(34)32-10-22(2,26)27)17-8-18(36-33-17)15-6-13(24)7-16(20(15)25)23(28,29)30/h3-7,18H,8-10H2,1-2H3,(H,31,35)(H,32,34). The molecule has 2 N–H and O–H groups in total. The Balaban J connectivity index is 1.67. The Labute approximate surface area is 206 Å². The molecule has 1 heterocycles. The molecule has 1 unspecified atom stereocenters. The Morgan fingerprint density at radius 1 is 1.14 bits per heavy atom. The van der Waals surface area contributed by atoms with Gasteiger partial charge >= 0.3 is 6.18 Å². The summed E-state index contributed by atoms with van der Waals surface area (Å²) in [5.74, 6) is -6.00. The zero-order valence-electron chi connectivity index (χ0n) is 18.9. The molecule has 0 aliphatic carbocycles. The van der Waals surface area contributed by atoms with Crippen LogP contribution in [0.3, 0.4) is 0 Å². The van der Waals surface area contributed by atoms with Gasteiger partial charge in [-0.3, -0.25) is 9.59 Å². The van der Waals surface area contributed by atoms with Crippen LogP contribution in [0.25, 0.3) is 0 Å². The van der Waals surface area contributed by atoms with Crippen molar-refractivity contribution in [2.45, 2.75) is 38.5 Å². The van der Waals surface area contributed by atoms with Crippen molar-refractivity contribution in [1.82, 2.24) is 10.6 Å². The summed E-state index contributed by atoms with van der Waals surface area (Å²) in [6.45, 7) is 0.862. The summed E-state index contributed by atoms with van der Waals surface area (Å²) in [5, 5.41) is 7.87. The van der Waals surface area contributed by atoms with E-state index in [0.717, 1.165) is 6.07 Å². The average molecular weight is 536 g/mol. The maximum atomic E-state index is 14.6. The average Bonchev–Trinajstić information content (AvgIpc) is 3.26. The molecule has 0 saturated carbocycles. The lowest BCUT2D eigenvalue weighted by atomic mass is 9.96. The van der Waals surface area contributed by atoms with E-state index >= 15 is 0 Å². The van der Waals surface area contributed by atoms with Gasteiger partial charge in [-0.25, -0.2) is 13.2 Å². The number of benzene rings is 2. The van der Waals surface area contributed by atoms with Crippen molar-refractivity contribution in [1.29, 1.82) is 0 Å². The predicted molar refractivity (Wildman–Crippen MR) is 119 cm³/mol. The Morgan fingerprint density at radius 3 is 2.44 bits per heavy atom. The SMILES string of the molecule is Cc1cc(C2=NOC(c3cc(Cl)cc(C(F)(F)F)c3F)C2)ccc1C(=O)NCC(=O)NCC(C)(F)F. The minimum absolute atomic E-state index is 0.0538. The summed E-state index contributed by atoms with van der Waals surface area (Å²) in [5.41, 5.74) is -0.453. The fourth-order valence-electron chi connectivity index (χ4n) is 3.44. The summed E-state index contributed by atoms with van der Waals surface area (Å²) in [6.07, 6.45) is -6.14. The molecule has 1 aliphatic heterocycles. The molecule has 1 aliphatic rings. The molecule has 0 spiro atoms. The molecule has 1 atom stereocenters. The van der Waals surface area contributed by atoms with Crippen molar-refractivity contribution in [2.75, 3.05) is 13.1 Å². The molecule has 2 aromatic rings. The molecule has 0 saturated heterocycles. The van der Waals surface area contributed by atoms with E-state index in [-0.39, 0.29) is 22.6 Å². The van der Waals surface area contributed by atoms with Crippen molar-refractivity contribution in [3.8, 4) is 0 Å². The van der Waals surface area contributed by atoms with E-state index in [4.69, 9.17) is 16.4 Å². The molecule has 0 fully saturated rings. The number of alkyl halides is 5. The minimum atomic E-state index is -4.94. The van der Waals surface area contributed by atoms with Crippen molar-refractivity contribution in [2.24, 2.45) is 5.16 Å². The molecule has 13 heteroatoms. The smallest absolute Gasteiger partial charge is 0.387 e. The highest BCUT2D eigenvalue weighted by molar-refractivity contribution is 6.30. The Hall–Kier alpha value is -3.28. The molecule has 36 heavy (non-hydrogen) atoms. The van der Waals surface area contributed by atoms with E-state index in [1.165, 1.54) is 12.1 Å². The number of rotatable bonds is 7. The number of carbonyl (C=O) groups excluding carboxylic acids is 2. The van der Waals surface area contributed by atoms with Crippen LogP contribution < -0.4 is 10.6 Å². The lowest BCUT2D eigenvalue weighted by Crippen LogP contribution is -2.41. The van der Waals surface area contributed by atoms with Crippen molar-refractivity contribution >= 4 is 29.1 Å². The predicted octanol–water partition coefficient (Wildman–Crippen LogP) is 5.17. The van der Waals surface area contributed by atoms with E-state index in [2.05, 4.69) is 10.5 Å². The van der Waals surface area contributed by atoms with Gasteiger partial charge in [-0.2, -0.15) is 13.2 Å². The molecule has 0 radical (unpaired) electrons. The van der Waals surface area contributed by atoms with E-state index in [9.17, 15) is 35.9 Å². The molecular weight excluding hydrogens is 516 g/mol. The van der Waals surface area contributed by atoms with Gasteiger partial charge < -0.3 is 15.5 Å². The van der Waals surface area contributed by atoms with Gasteiger partial charge in [-0.1, -0.05) is 22.8 Å². The summed E-state index contributed by atoms with van der Waals surface area (Å²) >= 11 is 5.75. The highest BCUT2D eigenvalue weighted by Crippen LogP contribution is 2.39. The monoisotopic (exact) mass is 535 g/mol. The van der Waals surface area contributed by atoms with Crippen LogP contribution in [0.2, 0.25) is 5.02 Å². The van der Waals surface area contributed by atoms with Crippen LogP contribution >= 0.6 is 11.6 Å². The second-order valence-corrected chi connectivity index (χ2v) is 8.69. The fraction of sp³-hybridized carbons (Fsp3) is 0.348. The van der Waals surface area contributed by atoms with Crippen LogP contribution in [0.15, 0.2) is 35.5 Å². The molecule has 194 valence electrons. The van der Waals surface area contributed by atoms with Crippen LogP contribution in [-0.2, 0) is 15.8 Å². The number of halogens is 7. The van der Waals surface area contributed by atoms with Crippen LogP contribution in [0.4, 0.5) is 26.3 Å². The molecule has 2 aromatic carbocycles. The zero-order valence-corrected chi connectivity index (χ0v) is 19.7. The molecule has 3 rings (SSSR count). The normalized spacial score (nSPS) is 15.8. The minimum Gasteiger partial charge on any atom is -0.387 e. The summed E-state index contributed by atoms with van der Waals surface area (Å²) in [6, 6.07) is 6.03. The third-order valence-electron chi connectivity index (χ3n) is 5.20. The Morgan fingerprint density at radius 2 is 1.83 bits per heavy atom. The van der Waals surface area contributed by atoms with Gasteiger partial charge in [0.2, 0.25) is 5.91 Å². The third-order valence-corrected chi connectivity index (χ3v) is 5.41. The molecule has 6 nitrogen and oxygen atoms in total. The number of oxime groups is 1. The Bertz CT molecular complexity index is 1210. The summed E-state index contributed by atoms with van der Waals surface area (Å²) in [4.78, 5) is 29.2. The van der Waals surface area contributed by atoms with Gasteiger partial charge in [0, 0.05) is 29.5 Å². The van der Waals surface area contributed by atoms with Crippen LogP contribution in [0.5, 0.6) is 0 Å². The first-order valence-corrected chi connectivity index (χ1v) is 10.9. The van der Waals surface area contributed by atoms with Crippen molar-refractivity contribution in [3.63, 3.8) is 0 Å². The van der Waals surface area contributed by atoms with Gasteiger partial charge in [-0.15, -0.1) is 0 Å². The van der Waals surface area contributed by atoms with E-state index in [0.29, 0.717) is 29.8 Å². The first-order valence-electron chi connectivity index (χ1n) is 10.5.